The van der Waals surface area contributed by atoms with E-state index in [1.165, 1.54) is 17.4 Å². The van der Waals surface area contributed by atoms with Crippen molar-refractivity contribution in [1.29, 1.82) is 0 Å². The number of fused-ring (bicyclic) bond motifs is 1. The summed E-state index contributed by atoms with van der Waals surface area (Å²) in [5.41, 5.74) is 0.534. The van der Waals surface area contributed by atoms with Gasteiger partial charge in [0.15, 0.2) is 0 Å². The minimum absolute atomic E-state index is 0.204. The van der Waals surface area contributed by atoms with Crippen LogP contribution in [-0.4, -0.2) is 32.0 Å². The molecule has 7 heteroatoms. The van der Waals surface area contributed by atoms with Crippen LogP contribution in [0.5, 0.6) is 5.75 Å². The lowest BCUT2D eigenvalue weighted by atomic mass is 10.2. The van der Waals surface area contributed by atoms with Gasteiger partial charge in [-0.15, -0.1) is 11.3 Å². The molecule has 3 rings (SSSR count). The van der Waals surface area contributed by atoms with Crippen LogP contribution < -0.4 is 15.4 Å². The summed E-state index contributed by atoms with van der Waals surface area (Å²) in [6.45, 7) is 0.652. The highest BCUT2D eigenvalue weighted by molar-refractivity contribution is 7.20. The summed E-state index contributed by atoms with van der Waals surface area (Å²) in [6.07, 6.45) is 3.15. The number of carbonyl (C=O) groups is 2. The van der Waals surface area contributed by atoms with Crippen molar-refractivity contribution in [3.8, 4) is 5.75 Å². The number of ether oxygens (including phenoxy) is 1. The van der Waals surface area contributed by atoms with E-state index in [0.717, 1.165) is 15.0 Å². The lowest BCUT2D eigenvalue weighted by Gasteiger charge is -2.06. The van der Waals surface area contributed by atoms with Gasteiger partial charge in [0.25, 0.3) is 5.91 Å². The van der Waals surface area contributed by atoms with Crippen molar-refractivity contribution in [1.82, 2.24) is 10.6 Å². The average molecular weight is 415 g/mol. The van der Waals surface area contributed by atoms with Crippen LogP contribution in [0.3, 0.4) is 0 Å². The maximum absolute atomic E-state index is 12.0. The zero-order valence-electron chi connectivity index (χ0n) is 15.2. The zero-order valence-corrected chi connectivity index (χ0v) is 16.8. The highest BCUT2D eigenvalue weighted by Gasteiger charge is 2.08. The second kappa shape index (κ2) is 9.39. The van der Waals surface area contributed by atoms with Gasteiger partial charge in [-0.3, -0.25) is 9.59 Å². The van der Waals surface area contributed by atoms with Gasteiger partial charge < -0.3 is 15.4 Å². The summed E-state index contributed by atoms with van der Waals surface area (Å²) in [7, 11) is 1.57. The Morgan fingerprint density at radius 1 is 1.07 bits per heavy atom. The van der Waals surface area contributed by atoms with Gasteiger partial charge >= 0.3 is 0 Å². The molecule has 1 aromatic heterocycles. The van der Waals surface area contributed by atoms with E-state index in [9.17, 15) is 9.59 Å². The van der Waals surface area contributed by atoms with E-state index < -0.39 is 0 Å². The molecular formula is C21H19ClN2O3S. The highest BCUT2D eigenvalue weighted by atomic mass is 35.5. The molecule has 1 heterocycles. The van der Waals surface area contributed by atoms with Crippen LogP contribution in [0.4, 0.5) is 0 Å². The van der Waals surface area contributed by atoms with Gasteiger partial charge in [-0.2, -0.15) is 0 Å². The van der Waals surface area contributed by atoms with E-state index in [0.29, 0.717) is 29.4 Å². The predicted octanol–water partition coefficient (Wildman–Crippen LogP) is 4.12. The molecule has 2 N–H and O–H groups in total. The fraction of sp³-hybridized carbons (Fsp3) is 0.143. The maximum Gasteiger partial charge on any atom is 0.251 e. The SMILES string of the molecule is COc1ccc(C(=O)NCCNC(=O)/C=C/c2sc3ccccc3c2Cl)cc1. The smallest absolute Gasteiger partial charge is 0.251 e. The van der Waals surface area contributed by atoms with Gasteiger partial charge in [0.2, 0.25) is 5.91 Å². The number of benzene rings is 2. The Kier molecular flexibility index (Phi) is 6.68. The number of methoxy groups -OCH3 is 1. The second-order valence-electron chi connectivity index (χ2n) is 5.89. The Morgan fingerprint density at radius 2 is 1.79 bits per heavy atom. The maximum atomic E-state index is 12.0. The number of carbonyl (C=O) groups excluding carboxylic acids is 2. The number of rotatable bonds is 7. The Labute approximate surface area is 172 Å². The van der Waals surface area contributed by atoms with Gasteiger partial charge in [-0.05, 0) is 36.4 Å². The van der Waals surface area contributed by atoms with Crippen molar-refractivity contribution in [3.05, 3.63) is 70.1 Å². The molecule has 2 amide bonds. The summed E-state index contributed by atoms with van der Waals surface area (Å²) < 4.78 is 6.14. The van der Waals surface area contributed by atoms with E-state index in [-0.39, 0.29) is 11.8 Å². The van der Waals surface area contributed by atoms with Crippen molar-refractivity contribution in [2.45, 2.75) is 0 Å². The van der Waals surface area contributed by atoms with E-state index in [4.69, 9.17) is 16.3 Å². The quantitative estimate of drug-likeness (QED) is 0.451. The molecule has 2 aromatic carbocycles. The first-order valence-electron chi connectivity index (χ1n) is 8.63. The van der Waals surface area contributed by atoms with Crippen LogP contribution in [0.2, 0.25) is 5.02 Å². The summed E-state index contributed by atoms with van der Waals surface area (Å²) >= 11 is 7.89. The molecule has 5 nitrogen and oxygen atoms in total. The number of thiophene rings is 1. The monoisotopic (exact) mass is 414 g/mol. The van der Waals surface area contributed by atoms with E-state index in [1.54, 1.807) is 37.5 Å². The fourth-order valence-corrected chi connectivity index (χ4v) is 3.96. The van der Waals surface area contributed by atoms with E-state index >= 15 is 0 Å². The Bertz CT molecular complexity index is 1010. The van der Waals surface area contributed by atoms with Gasteiger partial charge in [0.05, 0.1) is 12.1 Å². The third-order valence-corrected chi connectivity index (χ3v) is 5.66. The van der Waals surface area contributed by atoms with Crippen LogP contribution in [0.1, 0.15) is 15.2 Å². The summed E-state index contributed by atoms with van der Waals surface area (Å²) in [4.78, 5) is 24.8. The fourth-order valence-electron chi connectivity index (χ4n) is 2.56. The molecular weight excluding hydrogens is 396 g/mol. The van der Waals surface area contributed by atoms with Crippen LogP contribution in [0, 0.1) is 0 Å². The molecule has 0 radical (unpaired) electrons. The third kappa shape index (κ3) is 4.91. The van der Waals surface area contributed by atoms with Crippen molar-refractivity contribution in [2.24, 2.45) is 0 Å². The molecule has 0 unspecified atom stereocenters. The van der Waals surface area contributed by atoms with Crippen molar-refractivity contribution < 1.29 is 14.3 Å². The van der Waals surface area contributed by atoms with E-state index in [1.807, 2.05) is 24.3 Å². The van der Waals surface area contributed by atoms with Crippen molar-refractivity contribution in [3.63, 3.8) is 0 Å². The molecule has 0 aliphatic rings. The first kappa shape index (κ1) is 19.9. The van der Waals surface area contributed by atoms with Gasteiger partial charge in [-0.1, -0.05) is 29.8 Å². The van der Waals surface area contributed by atoms with Gasteiger partial charge in [0.1, 0.15) is 5.75 Å². The van der Waals surface area contributed by atoms with Crippen molar-refractivity contribution in [2.75, 3.05) is 20.2 Å². The van der Waals surface area contributed by atoms with Crippen molar-refractivity contribution >= 4 is 50.9 Å². The number of hydrogen-bond donors (Lipinski definition) is 2. The van der Waals surface area contributed by atoms with Crippen LogP contribution in [0.15, 0.2) is 54.6 Å². The lowest BCUT2D eigenvalue weighted by Crippen LogP contribution is -2.33. The lowest BCUT2D eigenvalue weighted by molar-refractivity contribution is -0.116. The van der Waals surface area contributed by atoms with Crippen LogP contribution >= 0.6 is 22.9 Å². The first-order valence-corrected chi connectivity index (χ1v) is 9.83. The second-order valence-corrected chi connectivity index (χ2v) is 7.35. The van der Waals surface area contributed by atoms with E-state index in [2.05, 4.69) is 10.6 Å². The minimum atomic E-state index is -0.243. The van der Waals surface area contributed by atoms with Gasteiger partial charge in [-0.25, -0.2) is 0 Å². The molecule has 0 atom stereocenters. The van der Waals surface area contributed by atoms with Crippen LogP contribution in [-0.2, 0) is 4.79 Å². The molecule has 144 valence electrons. The zero-order chi connectivity index (χ0) is 19.9. The Morgan fingerprint density at radius 3 is 2.50 bits per heavy atom. The standard InChI is InChI=1S/C21H19ClN2O3S/c1-27-15-8-6-14(7-9-15)21(26)24-13-12-23-19(25)11-10-18-20(22)16-4-2-3-5-17(16)28-18/h2-11H,12-13H2,1H3,(H,23,25)(H,24,26)/b11-10+. The predicted molar refractivity (Wildman–Crippen MR) is 114 cm³/mol. The molecule has 0 fully saturated rings. The number of amides is 2. The van der Waals surface area contributed by atoms with Gasteiger partial charge in [0, 0.05) is 39.7 Å². The first-order chi connectivity index (χ1) is 13.6. The molecule has 0 aliphatic carbocycles. The minimum Gasteiger partial charge on any atom is -0.497 e. The number of nitrogens with one attached hydrogen (secondary N) is 2. The topological polar surface area (TPSA) is 67.4 Å². The Hall–Kier alpha value is -2.83. The van der Waals surface area contributed by atoms with Crippen LogP contribution in [0.25, 0.3) is 16.2 Å². The molecule has 0 saturated heterocycles. The average Bonchev–Trinajstić information content (AvgIpc) is 3.05. The molecule has 0 bridgehead atoms. The number of halogens is 1. The largest absolute Gasteiger partial charge is 0.497 e. The summed E-state index contributed by atoms with van der Waals surface area (Å²) in [5, 5.41) is 7.12. The third-order valence-electron chi connectivity index (χ3n) is 4.01. The molecule has 28 heavy (non-hydrogen) atoms. The normalized spacial score (nSPS) is 10.9. The molecule has 0 saturated carbocycles. The number of hydrogen-bond acceptors (Lipinski definition) is 4. The molecule has 3 aromatic rings. The molecule has 0 aliphatic heterocycles. The highest BCUT2D eigenvalue weighted by Crippen LogP contribution is 2.35. The summed E-state index contributed by atoms with van der Waals surface area (Å²) in [6, 6.07) is 14.7. The molecule has 0 spiro atoms. The summed E-state index contributed by atoms with van der Waals surface area (Å²) in [5.74, 6) is 0.242. The Balaban J connectivity index is 1.45.